The third kappa shape index (κ3) is 2.52. The smallest absolute Gasteiger partial charge is 0.267 e. The van der Waals surface area contributed by atoms with Gasteiger partial charge in [0.25, 0.3) is 5.91 Å². The van der Waals surface area contributed by atoms with Gasteiger partial charge in [-0.2, -0.15) is 0 Å². The van der Waals surface area contributed by atoms with E-state index in [9.17, 15) is 4.79 Å². The lowest BCUT2D eigenvalue weighted by Crippen LogP contribution is -2.10. The molecule has 0 bridgehead atoms. The van der Waals surface area contributed by atoms with Crippen molar-refractivity contribution in [3.05, 3.63) is 45.4 Å². The number of carbonyl (C=O) groups excluding carboxylic acids is 1. The molecule has 0 aliphatic carbocycles. The van der Waals surface area contributed by atoms with Crippen LogP contribution in [-0.4, -0.2) is 10.3 Å². The molecule has 0 unspecified atom stereocenters. The molecule has 0 radical (unpaired) electrons. The van der Waals surface area contributed by atoms with Crippen LogP contribution in [0.15, 0.2) is 30.5 Å². The lowest BCUT2D eigenvalue weighted by Gasteiger charge is -2.05. The van der Waals surface area contributed by atoms with Crippen molar-refractivity contribution in [1.82, 2.24) is 4.37 Å². The fourth-order valence-corrected chi connectivity index (χ4v) is 2.05. The molecule has 0 spiro atoms. The molecule has 0 aliphatic rings. The van der Waals surface area contributed by atoms with Gasteiger partial charge in [-0.15, -0.1) is 0 Å². The highest BCUT2D eigenvalue weighted by Crippen LogP contribution is 2.25. The second-order valence-corrected chi connectivity index (χ2v) is 4.63. The number of benzene rings is 1. The molecule has 16 heavy (non-hydrogen) atoms. The van der Waals surface area contributed by atoms with Crippen LogP contribution in [0.1, 0.15) is 9.67 Å². The number of rotatable bonds is 2. The lowest BCUT2D eigenvalue weighted by atomic mass is 10.3. The Hall–Kier alpha value is -1.10. The van der Waals surface area contributed by atoms with Gasteiger partial charge in [-0.1, -0.05) is 23.2 Å². The zero-order valence-electron chi connectivity index (χ0n) is 7.91. The van der Waals surface area contributed by atoms with Crippen molar-refractivity contribution in [2.75, 3.05) is 5.32 Å². The summed E-state index contributed by atoms with van der Waals surface area (Å²) in [5.74, 6) is -0.230. The van der Waals surface area contributed by atoms with Crippen LogP contribution < -0.4 is 5.32 Å². The molecule has 3 nitrogen and oxygen atoms in total. The Morgan fingerprint density at radius 2 is 2.12 bits per heavy atom. The van der Waals surface area contributed by atoms with E-state index in [4.69, 9.17) is 23.2 Å². The maximum Gasteiger partial charge on any atom is 0.267 e. The van der Waals surface area contributed by atoms with Crippen LogP contribution in [0.5, 0.6) is 0 Å². The zero-order chi connectivity index (χ0) is 11.5. The van der Waals surface area contributed by atoms with Crippen LogP contribution in [0.25, 0.3) is 0 Å². The van der Waals surface area contributed by atoms with Crippen molar-refractivity contribution < 1.29 is 4.79 Å². The predicted molar refractivity (Wildman–Crippen MR) is 66.5 cm³/mol. The summed E-state index contributed by atoms with van der Waals surface area (Å²) in [7, 11) is 0. The second kappa shape index (κ2) is 4.82. The van der Waals surface area contributed by atoms with Crippen molar-refractivity contribution in [3.8, 4) is 0 Å². The summed E-state index contributed by atoms with van der Waals surface area (Å²) in [6, 6.07) is 6.54. The zero-order valence-corrected chi connectivity index (χ0v) is 10.2. The summed E-state index contributed by atoms with van der Waals surface area (Å²) >= 11 is 12.8. The first kappa shape index (κ1) is 11.4. The van der Waals surface area contributed by atoms with Gasteiger partial charge in [-0.3, -0.25) is 4.79 Å². The van der Waals surface area contributed by atoms with Crippen molar-refractivity contribution >= 4 is 46.3 Å². The number of amides is 1. The Bertz CT molecular complexity index is 514. The molecule has 1 N–H and O–H groups in total. The van der Waals surface area contributed by atoms with Gasteiger partial charge in [-0.25, -0.2) is 4.37 Å². The Labute approximate surface area is 106 Å². The molecule has 1 heterocycles. The van der Waals surface area contributed by atoms with Crippen LogP contribution in [0.4, 0.5) is 5.69 Å². The minimum Gasteiger partial charge on any atom is -0.320 e. The topological polar surface area (TPSA) is 42.0 Å². The maximum absolute atomic E-state index is 11.7. The molecule has 0 atom stereocenters. The number of aromatic nitrogens is 1. The highest BCUT2D eigenvalue weighted by Gasteiger charge is 2.09. The van der Waals surface area contributed by atoms with E-state index in [0.717, 1.165) is 11.5 Å². The van der Waals surface area contributed by atoms with Crippen LogP contribution >= 0.6 is 34.7 Å². The molecule has 1 aromatic heterocycles. The van der Waals surface area contributed by atoms with Gasteiger partial charge in [-0.05, 0) is 35.8 Å². The average molecular weight is 273 g/mol. The molecule has 0 fully saturated rings. The number of nitrogens with one attached hydrogen (secondary N) is 1. The van der Waals surface area contributed by atoms with Gasteiger partial charge < -0.3 is 5.32 Å². The highest BCUT2D eigenvalue weighted by molar-refractivity contribution is 7.08. The second-order valence-electron chi connectivity index (χ2n) is 2.95. The first-order valence-corrected chi connectivity index (χ1v) is 5.87. The van der Waals surface area contributed by atoms with E-state index >= 15 is 0 Å². The normalized spacial score (nSPS) is 10.1. The van der Waals surface area contributed by atoms with Gasteiger partial charge in [0.15, 0.2) is 0 Å². The Kier molecular flexibility index (Phi) is 3.43. The van der Waals surface area contributed by atoms with Crippen molar-refractivity contribution in [1.29, 1.82) is 0 Å². The monoisotopic (exact) mass is 272 g/mol. The van der Waals surface area contributed by atoms with Crippen LogP contribution in [-0.2, 0) is 0 Å². The Morgan fingerprint density at radius 3 is 2.75 bits per heavy atom. The minimum atomic E-state index is -0.230. The van der Waals surface area contributed by atoms with E-state index in [1.165, 1.54) is 0 Å². The SMILES string of the molecule is O=C(Nc1ccc(Cl)cc1Cl)c1ccns1. The van der Waals surface area contributed by atoms with E-state index < -0.39 is 0 Å². The predicted octanol–water partition coefficient (Wildman–Crippen LogP) is 3.70. The van der Waals surface area contributed by atoms with Crippen molar-refractivity contribution in [2.45, 2.75) is 0 Å². The van der Waals surface area contributed by atoms with Crippen LogP contribution in [0.3, 0.4) is 0 Å². The van der Waals surface area contributed by atoms with E-state index in [-0.39, 0.29) is 5.91 Å². The first-order chi connectivity index (χ1) is 7.66. The van der Waals surface area contributed by atoms with E-state index in [0.29, 0.717) is 20.6 Å². The molecule has 2 aromatic rings. The van der Waals surface area contributed by atoms with E-state index in [1.54, 1.807) is 30.5 Å². The molecule has 1 amide bonds. The van der Waals surface area contributed by atoms with Gasteiger partial charge in [0.05, 0.1) is 10.7 Å². The van der Waals surface area contributed by atoms with Crippen molar-refractivity contribution in [2.24, 2.45) is 0 Å². The third-order valence-electron chi connectivity index (χ3n) is 1.84. The first-order valence-electron chi connectivity index (χ1n) is 4.34. The standard InChI is InChI=1S/C10H6Cl2N2OS/c11-6-1-2-8(7(12)5-6)14-10(15)9-3-4-13-16-9/h1-5H,(H,14,15). The summed E-state index contributed by atoms with van der Waals surface area (Å²) in [6.07, 6.45) is 1.57. The molecule has 0 saturated carbocycles. The Morgan fingerprint density at radius 1 is 1.31 bits per heavy atom. The maximum atomic E-state index is 11.7. The number of anilines is 1. The number of hydrogen-bond acceptors (Lipinski definition) is 3. The largest absolute Gasteiger partial charge is 0.320 e. The molecule has 1 aromatic carbocycles. The molecular formula is C10H6Cl2N2OS. The summed E-state index contributed by atoms with van der Waals surface area (Å²) in [4.78, 5) is 12.2. The molecular weight excluding hydrogens is 267 g/mol. The van der Waals surface area contributed by atoms with E-state index in [2.05, 4.69) is 9.69 Å². The quantitative estimate of drug-likeness (QED) is 0.906. The Balaban J connectivity index is 2.18. The number of nitrogens with zero attached hydrogens (tertiary/aromatic N) is 1. The molecule has 82 valence electrons. The third-order valence-corrected chi connectivity index (χ3v) is 3.13. The molecule has 6 heteroatoms. The lowest BCUT2D eigenvalue weighted by molar-refractivity contribution is 0.103. The summed E-state index contributed by atoms with van der Waals surface area (Å²) in [5.41, 5.74) is 0.532. The van der Waals surface area contributed by atoms with Gasteiger partial charge in [0.2, 0.25) is 0 Å². The number of hydrogen-bond donors (Lipinski definition) is 1. The van der Waals surface area contributed by atoms with Crippen LogP contribution in [0, 0.1) is 0 Å². The van der Waals surface area contributed by atoms with Gasteiger partial charge in [0, 0.05) is 11.2 Å². The number of carbonyl (C=O) groups is 1. The minimum absolute atomic E-state index is 0.230. The van der Waals surface area contributed by atoms with Crippen molar-refractivity contribution in [3.63, 3.8) is 0 Å². The average Bonchev–Trinajstić information content (AvgIpc) is 2.75. The van der Waals surface area contributed by atoms with E-state index in [1.807, 2.05) is 0 Å². The van der Waals surface area contributed by atoms with Gasteiger partial charge >= 0.3 is 0 Å². The van der Waals surface area contributed by atoms with Crippen LogP contribution in [0.2, 0.25) is 10.0 Å². The van der Waals surface area contributed by atoms with Gasteiger partial charge in [0.1, 0.15) is 4.88 Å². The fourth-order valence-electron chi connectivity index (χ4n) is 1.11. The number of halogens is 2. The summed E-state index contributed by atoms with van der Waals surface area (Å²) in [6.45, 7) is 0. The fraction of sp³-hybridized carbons (Fsp3) is 0. The summed E-state index contributed by atoms with van der Waals surface area (Å²) in [5, 5.41) is 3.62. The molecule has 0 saturated heterocycles. The highest BCUT2D eigenvalue weighted by atomic mass is 35.5. The summed E-state index contributed by atoms with van der Waals surface area (Å²) < 4.78 is 3.85. The molecule has 0 aliphatic heterocycles. The molecule has 2 rings (SSSR count).